The van der Waals surface area contributed by atoms with Crippen molar-refractivity contribution in [1.29, 1.82) is 0 Å². The maximum Gasteiger partial charge on any atom is 0.329 e. The zero-order valence-corrected chi connectivity index (χ0v) is 17.5. The van der Waals surface area contributed by atoms with Crippen LogP contribution >= 0.6 is 11.6 Å². The first-order valence-corrected chi connectivity index (χ1v) is 9.75. The average Bonchev–Trinajstić information content (AvgIpc) is 3.16. The topological polar surface area (TPSA) is 56.2 Å². The van der Waals surface area contributed by atoms with Crippen LogP contribution in [0.3, 0.4) is 0 Å². The number of halogens is 1. The molecule has 2 aromatic heterocycles. The summed E-state index contributed by atoms with van der Waals surface area (Å²) in [4.78, 5) is 16.7. The number of nitrogens with zero attached hydrogens (tertiary/aromatic N) is 2. The summed E-state index contributed by atoms with van der Waals surface area (Å²) in [5.41, 5.74) is 6.10. The van der Waals surface area contributed by atoms with Gasteiger partial charge in [-0.2, -0.15) is 0 Å². The van der Waals surface area contributed by atoms with Gasteiger partial charge in [0.15, 0.2) is 0 Å². The van der Waals surface area contributed by atoms with Crippen molar-refractivity contribution in [3.05, 3.63) is 46.7 Å². The number of pyridine rings is 1. The molecule has 4 rings (SSSR count). The second-order valence-corrected chi connectivity index (χ2v) is 8.74. The van der Waals surface area contributed by atoms with Gasteiger partial charge in [-0.05, 0) is 57.0 Å². The highest BCUT2D eigenvalue weighted by atomic mass is 35.5. The lowest BCUT2D eigenvalue weighted by Crippen LogP contribution is -2.35. The van der Waals surface area contributed by atoms with E-state index in [1.54, 1.807) is 6.20 Å². The Morgan fingerprint density at radius 1 is 1.32 bits per heavy atom. The van der Waals surface area contributed by atoms with E-state index >= 15 is 0 Å². The highest BCUT2D eigenvalue weighted by Gasteiger charge is 2.32. The van der Waals surface area contributed by atoms with Crippen molar-refractivity contribution in [3.8, 4) is 11.3 Å². The molecule has 0 saturated carbocycles. The van der Waals surface area contributed by atoms with Crippen LogP contribution in [-0.2, 0) is 23.0 Å². The zero-order chi connectivity index (χ0) is 20.2. The molecule has 6 heteroatoms. The molecule has 1 aromatic carbocycles. The van der Waals surface area contributed by atoms with Gasteiger partial charge in [0, 0.05) is 35.8 Å². The third-order valence-electron chi connectivity index (χ3n) is 5.20. The van der Waals surface area contributed by atoms with Crippen LogP contribution in [0.1, 0.15) is 31.9 Å². The lowest BCUT2D eigenvalue weighted by molar-refractivity contribution is -0.155. The predicted molar refractivity (Wildman–Crippen MR) is 113 cm³/mol. The Labute approximate surface area is 169 Å². The highest BCUT2D eigenvalue weighted by Crippen LogP contribution is 2.37. The fraction of sp³-hybridized carbons (Fsp3) is 0.364. The Morgan fingerprint density at radius 3 is 2.79 bits per heavy atom. The van der Waals surface area contributed by atoms with Gasteiger partial charge in [0.25, 0.3) is 0 Å². The van der Waals surface area contributed by atoms with E-state index in [9.17, 15) is 4.79 Å². The minimum Gasteiger partial charge on any atom is -0.458 e. The fourth-order valence-electron chi connectivity index (χ4n) is 3.86. The van der Waals surface area contributed by atoms with Gasteiger partial charge in [-0.25, -0.2) is 9.78 Å². The number of anilines is 1. The summed E-state index contributed by atoms with van der Waals surface area (Å²) in [5, 5.41) is 4.86. The maximum atomic E-state index is 12.5. The summed E-state index contributed by atoms with van der Waals surface area (Å²) in [5.74, 6) is -0.213. The van der Waals surface area contributed by atoms with Crippen molar-refractivity contribution in [2.45, 2.75) is 45.8 Å². The van der Waals surface area contributed by atoms with Gasteiger partial charge in [0.1, 0.15) is 16.8 Å². The van der Waals surface area contributed by atoms with Gasteiger partial charge in [-0.3, -0.25) is 0 Å². The molecule has 0 spiro atoms. The molecular weight excluding hydrogens is 374 g/mol. The van der Waals surface area contributed by atoms with E-state index in [0.29, 0.717) is 11.6 Å². The van der Waals surface area contributed by atoms with E-state index in [2.05, 4.69) is 33.9 Å². The summed E-state index contributed by atoms with van der Waals surface area (Å²) in [6, 6.07) is 7.81. The smallest absolute Gasteiger partial charge is 0.329 e. The Balaban J connectivity index is 1.70. The van der Waals surface area contributed by atoms with Crippen LogP contribution in [0.25, 0.3) is 22.2 Å². The second kappa shape index (κ2) is 6.52. The van der Waals surface area contributed by atoms with Gasteiger partial charge in [-0.15, -0.1) is 0 Å². The van der Waals surface area contributed by atoms with Crippen molar-refractivity contribution in [1.82, 2.24) is 9.55 Å². The maximum absolute atomic E-state index is 12.5. The Hall–Kier alpha value is -2.53. The molecule has 1 atom stereocenters. The lowest BCUT2D eigenvalue weighted by Gasteiger charge is -2.22. The molecule has 0 fully saturated rings. The molecule has 1 unspecified atom stereocenters. The molecule has 0 aliphatic carbocycles. The van der Waals surface area contributed by atoms with Gasteiger partial charge >= 0.3 is 5.97 Å². The minimum absolute atomic E-state index is 0.213. The van der Waals surface area contributed by atoms with E-state index in [1.807, 2.05) is 40.0 Å². The molecule has 146 valence electrons. The molecule has 1 N–H and O–H groups in total. The Bertz CT molecular complexity index is 1100. The van der Waals surface area contributed by atoms with Gasteiger partial charge in [0.2, 0.25) is 0 Å². The van der Waals surface area contributed by atoms with Crippen molar-refractivity contribution in [3.63, 3.8) is 0 Å². The number of esters is 1. The number of nitrogens with one attached hydrogen (secondary N) is 1. The molecule has 28 heavy (non-hydrogen) atoms. The molecule has 0 bridgehead atoms. The fourth-order valence-corrected chi connectivity index (χ4v) is 4.02. The standard InChI is InChI=1S/C22H24ClN3O2/c1-12-14(18-8-13-9-20(23)24-11-19(13)26(18)5)6-7-16-15(12)10-17(25-16)21(27)28-22(2,3)4/h6-9,11,17,25H,10H2,1-5H3. The van der Waals surface area contributed by atoms with E-state index in [0.717, 1.165) is 33.4 Å². The van der Waals surface area contributed by atoms with Crippen molar-refractivity contribution < 1.29 is 9.53 Å². The number of carbonyl (C=O) groups is 1. The molecule has 3 aromatic rings. The Kier molecular flexibility index (Phi) is 4.38. The summed E-state index contributed by atoms with van der Waals surface area (Å²) in [6.45, 7) is 7.77. The average molecular weight is 398 g/mol. The van der Waals surface area contributed by atoms with Crippen molar-refractivity contribution in [2.75, 3.05) is 5.32 Å². The highest BCUT2D eigenvalue weighted by molar-refractivity contribution is 6.30. The number of hydrogen-bond donors (Lipinski definition) is 1. The second-order valence-electron chi connectivity index (χ2n) is 8.35. The number of hydrogen-bond acceptors (Lipinski definition) is 4. The quantitative estimate of drug-likeness (QED) is 0.494. The van der Waals surface area contributed by atoms with E-state index in [1.165, 1.54) is 5.56 Å². The molecule has 0 saturated heterocycles. The molecule has 0 radical (unpaired) electrons. The number of fused-ring (bicyclic) bond motifs is 2. The summed E-state index contributed by atoms with van der Waals surface area (Å²) in [7, 11) is 2.03. The third kappa shape index (κ3) is 3.24. The van der Waals surface area contributed by atoms with Crippen molar-refractivity contribution >= 4 is 34.2 Å². The number of carbonyl (C=O) groups excluding carboxylic acids is 1. The summed E-state index contributed by atoms with van der Waals surface area (Å²) < 4.78 is 7.68. The van der Waals surface area contributed by atoms with E-state index in [4.69, 9.17) is 16.3 Å². The van der Waals surface area contributed by atoms with E-state index < -0.39 is 5.60 Å². The number of ether oxygens (including phenoxy) is 1. The first kappa shape index (κ1) is 18.8. The molecular formula is C22H24ClN3O2. The van der Waals surface area contributed by atoms with Crippen LogP contribution in [0.5, 0.6) is 0 Å². The van der Waals surface area contributed by atoms with Crippen LogP contribution in [0.4, 0.5) is 5.69 Å². The summed E-state index contributed by atoms with van der Waals surface area (Å²) >= 11 is 6.05. The Morgan fingerprint density at radius 2 is 2.07 bits per heavy atom. The first-order valence-electron chi connectivity index (χ1n) is 9.37. The molecule has 5 nitrogen and oxygen atoms in total. The van der Waals surface area contributed by atoms with Crippen LogP contribution in [0.15, 0.2) is 30.5 Å². The largest absolute Gasteiger partial charge is 0.458 e. The summed E-state index contributed by atoms with van der Waals surface area (Å²) in [6.07, 6.45) is 2.42. The number of rotatable bonds is 2. The van der Waals surface area contributed by atoms with Crippen LogP contribution < -0.4 is 5.32 Å². The minimum atomic E-state index is -0.494. The lowest BCUT2D eigenvalue weighted by atomic mass is 9.97. The SMILES string of the molecule is Cc1c(-c2cc3cc(Cl)ncc3n2C)ccc2c1CC(C(=O)OC(C)(C)C)N2. The monoisotopic (exact) mass is 397 g/mol. The van der Waals surface area contributed by atoms with Gasteiger partial charge in [-0.1, -0.05) is 17.7 Å². The molecule has 1 aliphatic heterocycles. The molecule has 3 heterocycles. The first-order chi connectivity index (χ1) is 13.1. The van der Waals surface area contributed by atoms with Crippen LogP contribution in [0.2, 0.25) is 5.15 Å². The normalized spacial score (nSPS) is 16.1. The van der Waals surface area contributed by atoms with E-state index in [-0.39, 0.29) is 12.0 Å². The number of aromatic nitrogens is 2. The van der Waals surface area contributed by atoms with Crippen LogP contribution in [-0.4, -0.2) is 27.2 Å². The van der Waals surface area contributed by atoms with Gasteiger partial charge in [0.05, 0.1) is 11.7 Å². The molecule has 0 amide bonds. The predicted octanol–water partition coefficient (Wildman–Crippen LogP) is 4.88. The van der Waals surface area contributed by atoms with Gasteiger partial charge < -0.3 is 14.6 Å². The molecule has 1 aliphatic rings. The third-order valence-corrected chi connectivity index (χ3v) is 5.41. The number of aryl methyl sites for hydroxylation is 1. The van der Waals surface area contributed by atoms with Crippen LogP contribution in [0, 0.1) is 6.92 Å². The zero-order valence-electron chi connectivity index (χ0n) is 16.8. The number of benzene rings is 1. The van der Waals surface area contributed by atoms with Crippen molar-refractivity contribution in [2.24, 2.45) is 7.05 Å².